The number of halogens is 1. The third kappa shape index (κ3) is 7.99. The lowest BCUT2D eigenvalue weighted by molar-refractivity contribution is -0.132. The lowest BCUT2D eigenvalue weighted by Gasteiger charge is -2.22. The molecule has 0 aliphatic carbocycles. The Morgan fingerprint density at radius 3 is 2.33 bits per heavy atom. The lowest BCUT2D eigenvalue weighted by Crippen LogP contribution is -2.29. The van der Waals surface area contributed by atoms with E-state index in [-0.39, 0.29) is 16.5 Å². The van der Waals surface area contributed by atoms with Crippen molar-refractivity contribution in [1.29, 1.82) is 0 Å². The fourth-order valence-corrected chi connectivity index (χ4v) is 7.26. The van der Waals surface area contributed by atoms with Crippen LogP contribution in [0.4, 0.5) is 5.13 Å². The summed E-state index contributed by atoms with van der Waals surface area (Å²) in [5.41, 5.74) is 4.21. The van der Waals surface area contributed by atoms with Gasteiger partial charge in [0.1, 0.15) is 23.9 Å². The highest BCUT2D eigenvalue weighted by atomic mass is 35.5. The zero-order valence-corrected chi connectivity index (χ0v) is 29.4. The molecule has 5 aromatic rings. The van der Waals surface area contributed by atoms with E-state index in [0.717, 1.165) is 29.5 Å². The van der Waals surface area contributed by atoms with Crippen LogP contribution >= 0.6 is 34.7 Å². The number of hydrogen-bond acceptors (Lipinski definition) is 9. The molecule has 0 bridgehead atoms. The largest absolute Gasteiger partial charge is 0.507 e. The molecule has 11 heteroatoms. The molecular formula is C38H34ClN3O5S2. The minimum atomic E-state index is -0.941. The van der Waals surface area contributed by atoms with Crippen molar-refractivity contribution in [3.8, 4) is 11.5 Å². The number of aliphatic hydroxyl groups excluding tert-OH is 1. The summed E-state index contributed by atoms with van der Waals surface area (Å²) in [6.07, 6.45) is 1.93. The van der Waals surface area contributed by atoms with Gasteiger partial charge < -0.3 is 14.6 Å². The Kier molecular flexibility index (Phi) is 11.0. The maximum atomic E-state index is 13.7. The fraction of sp³-hybridized carbons (Fsp3) is 0.211. The van der Waals surface area contributed by atoms with Crippen molar-refractivity contribution in [3.05, 3.63) is 135 Å². The summed E-state index contributed by atoms with van der Waals surface area (Å²) >= 11 is 8.70. The van der Waals surface area contributed by atoms with Crippen molar-refractivity contribution < 1.29 is 24.2 Å². The predicted octanol–water partition coefficient (Wildman–Crippen LogP) is 9.18. The van der Waals surface area contributed by atoms with Crippen molar-refractivity contribution in [2.45, 2.75) is 49.4 Å². The van der Waals surface area contributed by atoms with Crippen LogP contribution < -0.4 is 14.4 Å². The number of amides is 1. The Morgan fingerprint density at radius 2 is 1.61 bits per heavy atom. The number of nitrogens with zero attached hydrogens (tertiary/aromatic N) is 3. The molecule has 2 heterocycles. The molecule has 49 heavy (non-hydrogen) atoms. The highest BCUT2D eigenvalue weighted by Gasteiger charge is 2.48. The van der Waals surface area contributed by atoms with Crippen LogP contribution in [-0.2, 0) is 21.9 Å². The average Bonchev–Trinajstić information content (AvgIpc) is 3.69. The number of thioether (sulfide) groups is 1. The van der Waals surface area contributed by atoms with Crippen molar-refractivity contribution in [2.24, 2.45) is 0 Å². The molecular weight excluding hydrogens is 678 g/mol. The van der Waals surface area contributed by atoms with Gasteiger partial charge in [0.05, 0.1) is 18.2 Å². The van der Waals surface area contributed by atoms with Crippen LogP contribution in [0.25, 0.3) is 5.76 Å². The number of aromatic nitrogens is 2. The number of aliphatic hydroxyl groups is 1. The Hall–Kier alpha value is -4.64. The number of ether oxygens (including phenoxy) is 2. The highest BCUT2D eigenvalue weighted by Crippen LogP contribution is 2.44. The van der Waals surface area contributed by atoms with Crippen LogP contribution in [0, 0.1) is 6.92 Å². The molecule has 6 rings (SSSR count). The number of anilines is 1. The lowest BCUT2D eigenvalue weighted by atomic mass is 9.95. The number of aryl methyl sites for hydroxylation is 1. The van der Waals surface area contributed by atoms with Crippen LogP contribution in [0.2, 0.25) is 5.02 Å². The Balaban J connectivity index is 1.30. The molecule has 1 aromatic heterocycles. The van der Waals surface area contributed by atoms with E-state index < -0.39 is 17.7 Å². The van der Waals surface area contributed by atoms with E-state index >= 15 is 0 Å². The van der Waals surface area contributed by atoms with Gasteiger partial charge in [0.25, 0.3) is 5.78 Å². The van der Waals surface area contributed by atoms with E-state index in [1.54, 1.807) is 48.5 Å². The maximum absolute atomic E-state index is 13.7. The summed E-state index contributed by atoms with van der Waals surface area (Å²) in [6, 6.07) is 28.6. The van der Waals surface area contributed by atoms with Crippen LogP contribution in [0.1, 0.15) is 53.6 Å². The first-order chi connectivity index (χ1) is 23.8. The Labute approximate surface area is 298 Å². The van der Waals surface area contributed by atoms with Gasteiger partial charge in [0.2, 0.25) is 5.13 Å². The SMILES string of the molecule is CCCCOc1ccc(C2/C(=C(\O)c3ccc(OCc4ccccc4C)cc3)C(=O)C(=O)N2c2nnc(SCc3ccc(Cl)cc3)s2)cc1. The van der Waals surface area contributed by atoms with E-state index in [0.29, 0.717) is 51.0 Å². The molecule has 1 amide bonds. The van der Waals surface area contributed by atoms with Gasteiger partial charge in [-0.25, -0.2) is 0 Å². The number of carbonyl (C=O) groups excluding carboxylic acids is 2. The van der Waals surface area contributed by atoms with E-state index in [1.807, 2.05) is 55.5 Å². The number of carbonyl (C=O) groups is 2. The maximum Gasteiger partial charge on any atom is 0.301 e. The summed E-state index contributed by atoms with van der Waals surface area (Å²) in [6.45, 7) is 5.10. The monoisotopic (exact) mass is 711 g/mol. The van der Waals surface area contributed by atoms with Gasteiger partial charge in [-0.05, 0) is 84.1 Å². The quantitative estimate of drug-likeness (QED) is 0.0322. The summed E-state index contributed by atoms with van der Waals surface area (Å²) in [5, 5.41) is 21.2. The van der Waals surface area contributed by atoms with Crippen LogP contribution in [0.15, 0.2) is 107 Å². The topological polar surface area (TPSA) is 102 Å². The van der Waals surface area contributed by atoms with Crippen molar-refractivity contribution in [2.75, 3.05) is 11.5 Å². The number of hydrogen-bond donors (Lipinski definition) is 1. The first-order valence-corrected chi connectivity index (χ1v) is 18.0. The number of unbranched alkanes of at least 4 members (excludes halogenated alkanes) is 1. The molecule has 1 fully saturated rings. The second-order valence-electron chi connectivity index (χ2n) is 11.4. The summed E-state index contributed by atoms with van der Waals surface area (Å²) in [5.74, 6) is 0.00864. The number of ketones is 1. The minimum Gasteiger partial charge on any atom is -0.507 e. The van der Waals surface area contributed by atoms with Crippen LogP contribution in [0.3, 0.4) is 0 Å². The number of rotatable bonds is 13. The van der Waals surface area contributed by atoms with E-state index in [9.17, 15) is 14.7 Å². The molecule has 250 valence electrons. The molecule has 1 atom stereocenters. The third-order valence-electron chi connectivity index (χ3n) is 8.07. The van der Waals surface area contributed by atoms with Gasteiger partial charge in [-0.2, -0.15) is 0 Å². The number of benzene rings is 4. The van der Waals surface area contributed by atoms with Gasteiger partial charge in [0, 0.05) is 16.3 Å². The smallest absolute Gasteiger partial charge is 0.301 e. The van der Waals surface area contributed by atoms with Gasteiger partial charge in [-0.3, -0.25) is 14.5 Å². The highest BCUT2D eigenvalue weighted by molar-refractivity contribution is 8.00. The van der Waals surface area contributed by atoms with Gasteiger partial charge in [-0.15, -0.1) is 10.2 Å². The van der Waals surface area contributed by atoms with Gasteiger partial charge in [-0.1, -0.05) is 96.6 Å². The molecule has 1 unspecified atom stereocenters. The zero-order chi connectivity index (χ0) is 34.3. The van der Waals surface area contributed by atoms with Crippen molar-refractivity contribution in [1.82, 2.24) is 10.2 Å². The second kappa shape index (κ2) is 15.7. The third-order valence-corrected chi connectivity index (χ3v) is 10.4. The first kappa shape index (κ1) is 34.2. The van der Waals surface area contributed by atoms with Crippen molar-refractivity contribution in [3.63, 3.8) is 0 Å². The fourth-order valence-electron chi connectivity index (χ4n) is 5.31. The summed E-state index contributed by atoms with van der Waals surface area (Å²) in [7, 11) is 0. The van der Waals surface area contributed by atoms with Gasteiger partial charge >= 0.3 is 5.91 Å². The summed E-state index contributed by atoms with van der Waals surface area (Å²) in [4.78, 5) is 28.7. The Bertz CT molecular complexity index is 1960. The molecule has 1 saturated heterocycles. The standard InChI is InChI=1S/C38H34ClN3O5S2/c1-3-4-21-46-30-17-11-26(12-18-30)33-32(34(43)27-13-19-31(20-14-27)47-22-28-8-6-5-7-24(28)2)35(44)36(45)42(33)37-40-41-38(49-37)48-23-25-9-15-29(39)16-10-25/h5-20,33,43H,3-4,21-23H2,1-2H3/b34-32+. The van der Waals surface area contributed by atoms with Crippen molar-refractivity contribution >= 4 is 57.3 Å². The van der Waals surface area contributed by atoms with Gasteiger partial charge in [0.15, 0.2) is 4.34 Å². The van der Waals surface area contributed by atoms with E-state index in [4.69, 9.17) is 21.1 Å². The Morgan fingerprint density at radius 1 is 0.918 bits per heavy atom. The van der Waals surface area contributed by atoms with E-state index in [2.05, 4.69) is 17.1 Å². The molecule has 0 spiro atoms. The van der Waals surface area contributed by atoms with Crippen LogP contribution in [-0.4, -0.2) is 33.6 Å². The second-order valence-corrected chi connectivity index (χ2v) is 14.1. The summed E-state index contributed by atoms with van der Waals surface area (Å²) < 4.78 is 12.5. The first-order valence-electron chi connectivity index (χ1n) is 15.8. The van der Waals surface area contributed by atoms with E-state index in [1.165, 1.54) is 28.0 Å². The minimum absolute atomic E-state index is 0.0382. The molecule has 8 nitrogen and oxygen atoms in total. The molecule has 0 saturated carbocycles. The van der Waals surface area contributed by atoms with Crippen LogP contribution in [0.5, 0.6) is 11.5 Å². The molecule has 1 aliphatic heterocycles. The normalized spacial score (nSPS) is 15.5. The average molecular weight is 712 g/mol. The zero-order valence-electron chi connectivity index (χ0n) is 27.0. The molecule has 1 aliphatic rings. The molecule has 1 N–H and O–H groups in total. The predicted molar refractivity (Wildman–Crippen MR) is 195 cm³/mol. The molecule has 0 radical (unpaired) electrons. The molecule has 4 aromatic carbocycles. The number of Topliss-reactive ketones (excluding diaryl/α,β-unsaturated/α-hetero) is 1.